The van der Waals surface area contributed by atoms with Crippen LogP contribution >= 0.6 is 0 Å². The van der Waals surface area contributed by atoms with E-state index in [1.165, 1.54) is 6.92 Å². The molecule has 142 valence electrons. The number of urea groups is 1. The van der Waals surface area contributed by atoms with Gasteiger partial charge in [0.15, 0.2) is 0 Å². The molecule has 0 bridgehead atoms. The summed E-state index contributed by atoms with van der Waals surface area (Å²) in [6.07, 6.45) is 0. The molecule has 0 aromatic heterocycles. The molecule has 1 fully saturated rings. The highest BCUT2D eigenvalue weighted by Gasteiger charge is 2.50. The summed E-state index contributed by atoms with van der Waals surface area (Å²) >= 11 is 0. The number of nitrogens with one attached hydrogen (secondary N) is 1. The van der Waals surface area contributed by atoms with Gasteiger partial charge in [0.25, 0.3) is 5.91 Å². The van der Waals surface area contributed by atoms with Crippen LogP contribution in [0.1, 0.15) is 44.4 Å². The lowest BCUT2D eigenvalue weighted by Crippen LogP contribution is -2.41. The first kappa shape index (κ1) is 19.0. The molecule has 1 saturated heterocycles. The monoisotopic (exact) mass is 372 g/mol. The predicted octanol–water partition coefficient (Wildman–Crippen LogP) is 4.23. The Labute approximate surface area is 157 Å². The van der Waals surface area contributed by atoms with Gasteiger partial charge in [0.1, 0.15) is 17.2 Å². The average molecular weight is 372 g/mol. The number of carbonyl (C=O) groups excluding carboxylic acids is 2. The molecule has 1 aliphatic rings. The third kappa shape index (κ3) is 3.44. The highest BCUT2D eigenvalue weighted by Crippen LogP contribution is 2.32. The van der Waals surface area contributed by atoms with Gasteiger partial charge in [-0.25, -0.2) is 13.6 Å². The predicted molar refractivity (Wildman–Crippen MR) is 97.9 cm³/mol. The molecule has 3 amide bonds. The zero-order valence-corrected chi connectivity index (χ0v) is 15.8. The van der Waals surface area contributed by atoms with E-state index in [-0.39, 0.29) is 17.5 Å². The van der Waals surface area contributed by atoms with Crippen LogP contribution < -0.4 is 5.32 Å². The fraction of sp³-hybridized carbons (Fsp3) is 0.333. The van der Waals surface area contributed by atoms with Crippen molar-refractivity contribution in [3.05, 3.63) is 70.8 Å². The third-order valence-electron chi connectivity index (χ3n) is 4.90. The van der Waals surface area contributed by atoms with Crippen LogP contribution in [0.3, 0.4) is 0 Å². The Bertz CT molecular complexity index is 903. The molecule has 1 atom stereocenters. The third-order valence-corrected chi connectivity index (χ3v) is 4.90. The summed E-state index contributed by atoms with van der Waals surface area (Å²) in [6.45, 7) is 7.73. The lowest BCUT2D eigenvalue weighted by Gasteiger charge is -2.23. The van der Waals surface area contributed by atoms with Gasteiger partial charge in [0.2, 0.25) is 0 Å². The Kier molecular flexibility index (Phi) is 4.54. The molecule has 0 radical (unpaired) electrons. The van der Waals surface area contributed by atoms with Crippen LogP contribution in [0.15, 0.2) is 42.5 Å². The molecule has 1 N–H and O–H groups in total. The van der Waals surface area contributed by atoms with Crippen molar-refractivity contribution in [3.8, 4) is 0 Å². The first-order valence-corrected chi connectivity index (χ1v) is 8.71. The molecular weight excluding hydrogens is 350 g/mol. The summed E-state index contributed by atoms with van der Waals surface area (Å²) in [5, 5.41) is 2.50. The summed E-state index contributed by atoms with van der Waals surface area (Å²) in [6, 6.07) is 9.86. The Hall–Kier alpha value is -2.76. The van der Waals surface area contributed by atoms with Crippen molar-refractivity contribution in [3.63, 3.8) is 0 Å². The van der Waals surface area contributed by atoms with Crippen molar-refractivity contribution in [2.75, 3.05) is 0 Å². The Morgan fingerprint density at radius 1 is 1.04 bits per heavy atom. The van der Waals surface area contributed by atoms with Crippen LogP contribution in [0.2, 0.25) is 0 Å². The number of rotatable bonds is 3. The van der Waals surface area contributed by atoms with Gasteiger partial charge >= 0.3 is 6.03 Å². The Morgan fingerprint density at radius 2 is 1.67 bits per heavy atom. The van der Waals surface area contributed by atoms with Crippen LogP contribution in [0, 0.1) is 11.6 Å². The standard InChI is InChI=1S/C21H22F2N2O2/c1-20(2,3)14-7-5-13(6-8-14)12-25-18(26)21(4,24-19(25)27)16-11-15(22)9-10-17(16)23/h5-11H,12H2,1-4H3,(H,24,27)/t21-/m0/s1. The highest BCUT2D eigenvalue weighted by atomic mass is 19.1. The molecular formula is C21H22F2N2O2. The molecule has 6 heteroatoms. The van der Waals surface area contributed by atoms with Gasteiger partial charge < -0.3 is 5.32 Å². The number of halogens is 2. The second-order valence-corrected chi connectivity index (χ2v) is 8.02. The Morgan fingerprint density at radius 3 is 2.26 bits per heavy atom. The smallest absolute Gasteiger partial charge is 0.319 e. The second-order valence-electron chi connectivity index (χ2n) is 8.02. The number of hydrogen-bond donors (Lipinski definition) is 1. The van der Waals surface area contributed by atoms with Crippen molar-refractivity contribution in [1.29, 1.82) is 0 Å². The van der Waals surface area contributed by atoms with E-state index in [2.05, 4.69) is 26.1 Å². The largest absolute Gasteiger partial charge is 0.325 e. The minimum absolute atomic E-state index is 0.00709. The normalized spacial score (nSPS) is 20.1. The van der Waals surface area contributed by atoms with Gasteiger partial charge in [-0.3, -0.25) is 9.69 Å². The van der Waals surface area contributed by atoms with Gasteiger partial charge in [-0.2, -0.15) is 0 Å². The molecule has 1 heterocycles. The van der Waals surface area contributed by atoms with E-state index < -0.39 is 29.1 Å². The molecule has 0 unspecified atom stereocenters. The maximum Gasteiger partial charge on any atom is 0.325 e. The first-order valence-electron chi connectivity index (χ1n) is 8.71. The second kappa shape index (κ2) is 6.44. The summed E-state index contributed by atoms with van der Waals surface area (Å²) in [5.74, 6) is -2.04. The SMILES string of the molecule is CC(C)(C)c1ccc(CN2C(=O)N[C@@](C)(c3cc(F)ccc3F)C2=O)cc1. The molecule has 0 saturated carbocycles. The van der Waals surface area contributed by atoms with Crippen molar-refractivity contribution in [2.45, 2.75) is 45.2 Å². The van der Waals surface area contributed by atoms with Crippen LogP contribution in [-0.2, 0) is 22.3 Å². The van der Waals surface area contributed by atoms with Gasteiger partial charge in [0, 0.05) is 5.56 Å². The summed E-state index contributed by atoms with van der Waals surface area (Å²) in [7, 11) is 0. The van der Waals surface area contributed by atoms with Crippen molar-refractivity contribution in [1.82, 2.24) is 10.2 Å². The van der Waals surface area contributed by atoms with Gasteiger partial charge in [-0.15, -0.1) is 0 Å². The average Bonchev–Trinajstić information content (AvgIpc) is 2.81. The zero-order chi connectivity index (χ0) is 20.0. The summed E-state index contributed by atoms with van der Waals surface area (Å²) < 4.78 is 27.8. The molecule has 0 spiro atoms. The number of carbonyl (C=O) groups is 2. The Balaban J connectivity index is 1.87. The molecule has 4 nitrogen and oxygen atoms in total. The maximum absolute atomic E-state index is 14.2. The highest BCUT2D eigenvalue weighted by molar-refractivity contribution is 6.07. The minimum Gasteiger partial charge on any atom is -0.319 e. The first-order chi connectivity index (χ1) is 12.5. The van der Waals surface area contributed by atoms with Crippen LogP contribution in [-0.4, -0.2) is 16.8 Å². The summed E-state index contributed by atoms with van der Waals surface area (Å²) in [5.41, 5.74) is 0.0681. The molecule has 1 aliphatic heterocycles. The van der Waals surface area contributed by atoms with Crippen LogP contribution in [0.25, 0.3) is 0 Å². The lowest BCUT2D eigenvalue weighted by atomic mass is 9.86. The molecule has 0 aliphatic carbocycles. The van der Waals surface area contributed by atoms with Gasteiger partial charge in [0.05, 0.1) is 6.54 Å². The van der Waals surface area contributed by atoms with Crippen molar-refractivity contribution >= 4 is 11.9 Å². The molecule has 2 aromatic carbocycles. The fourth-order valence-corrected chi connectivity index (χ4v) is 3.20. The fourth-order valence-electron chi connectivity index (χ4n) is 3.20. The van der Waals surface area contributed by atoms with E-state index in [1.54, 1.807) is 0 Å². The van der Waals surface area contributed by atoms with E-state index in [4.69, 9.17) is 0 Å². The molecule has 27 heavy (non-hydrogen) atoms. The van der Waals surface area contributed by atoms with E-state index in [9.17, 15) is 18.4 Å². The number of amides is 3. The number of benzene rings is 2. The van der Waals surface area contributed by atoms with E-state index >= 15 is 0 Å². The van der Waals surface area contributed by atoms with Crippen molar-refractivity contribution < 1.29 is 18.4 Å². The molecule has 2 aromatic rings. The molecule has 3 rings (SSSR count). The van der Waals surface area contributed by atoms with Gasteiger partial charge in [-0.05, 0) is 41.7 Å². The number of imide groups is 1. The number of nitrogens with zero attached hydrogens (tertiary/aromatic N) is 1. The van der Waals surface area contributed by atoms with E-state index in [0.29, 0.717) is 0 Å². The maximum atomic E-state index is 14.2. The zero-order valence-electron chi connectivity index (χ0n) is 15.8. The van der Waals surface area contributed by atoms with E-state index in [1.807, 2.05) is 24.3 Å². The van der Waals surface area contributed by atoms with Gasteiger partial charge in [-0.1, -0.05) is 45.0 Å². The lowest BCUT2D eigenvalue weighted by molar-refractivity contribution is -0.131. The van der Waals surface area contributed by atoms with Crippen LogP contribution in [0.5, 0.6) is 0 Å². The van der Waals surface area contributed by atoms with Crippen LogP contribution in [0.4, 0.5) is 13.6 Å². The quantitative estimate of drug-likeness (QED) is 0.820. The van der Waals surface area contributed by atoms with Crippen molar-refractivity contribution in [2.24, 2.45) is 0 Å². The summed E-state index contributed by atoms with van der Waals surface area (Å²) in [4.78, 5) is 26.3. The minimum atomic E-state index is -1.64. The number of hydrogen-bond acceptors (Lipinski definition) is 2. The van der Waals surface area contributed by atoms with E-state index in [0.717, 1.165) is 34.2 Å². The topological polar surface area (TPSA) is 49.4 Å².